The third-order valence-corrected chi connectivity index (χ3v) is 3.53. The van der Waals surface area contributed by atoms with Crippen LogP contribution in [-0.2, 0) is 0 Å². The maximum absolute atomic E-state index is 12.4. The van der Waals surface area contributed by atoms with Crippen molar-refractivity contribution in [3.63, 3.8) is 0 Å². The van der Waals surface area contributed by atoms with E-state index >= 15 is 0 Å². The van der Waals surface area contributed by atoms with Crippen molar-refractivity contribution in [3.8, 4) is 0 Å². The van der Waals surface area contributed by atoms with Crippen molar-refractivity contribution in [2.75, 3.05) is 11.9 Å². The molecule has 0 spiro atoms. The first-order valence-corrected chi connectivity index (χ1v) is 7.30. The van der Waals surface area contributed by atoms with Crippen LogP contribution in [0.15, 0.2) is 18.2 Å². The largest absolute Gasteiger partial charge is 0.478 e. The minimum absolute atomic E-state index is 0.147. The van der Waals surface area contributed by atoms with Crippen LogP contribution in [0.5, 0.6) is 0 Å². The first-order valence-electron chi connectivity index (χ1n) is 7.30. The van der Waals surface area contributed by atoms with Crippen LogP contribution in [0.1, 0.15) is 42.6 Å². The van der Waals surface area contributed by atoms with Crippen LogP contribution in [0, 0.1) is 12.8 Å². The van der Waals surface area contributed by atoms with E-state index in [1.54, 1.807) is 19.1 Å². The van der Waals surface area contributed by atoms with Crippen LogP contribution in [0.4, 0.5) is 10.5 Å². The second-order valence-electron chi connectivity index (χ2n) is 6.04. The number of carboxylic acid groups (broad SMARTS) is 1. The van der Waals surface area contributed by atoms with Gasteiger partial charge in [0.15, 0.2) is 0 Å². The van der Waals surface area contributed by atoms with Crippen LogP contribution in [-0.4, -0.2) is 34.6 Å². The third kappa shape index (κ3) is 3.97. The number of carboxylic acids is 1. The molecular weight excluding hydrogens is 268 g/mol. The maximum atomic E-state index is 12.4. The van der Waals surface area contributed by atoms with Gasteiger partial charge in [-0.05, 0) is 43.4 Å². The van der Waals surface area contributed by atoms with E-state index in [1.165, 1.54) is 6.07 Å². The normalized spacial score (nSPS) is 14.1. The first kappa shape index (κ1) is 15.4. The lowest BCUT2D eigenvalue weighted by molar-refractivity contribution is 0.0696. The fourth-order valence-electron chi connectivity index (χ4n) is 2.30. The number of nitrogens with zero attached hydrogens (tertiary/aromatic N) is 1. The lowest BCUT2D eigenvalue weighted by Gasteiger charge is -2.24. The Kier molecular flexibility index (Phi) is 4.50. The molecule has 0 radical (unpaired) electrons. The summed E-state index contributed by atoms with van der Waals surface area (Å²) < 4.78 is 0. The Bertz CT molecular complexity index is 550. The number of aryl methyl sites for hydroxylation is 1. The van der Waals surface area contributed by atoms with Crippen molar-refractivity contribution in [3.05, 3.63) is 29.3 Å². The smallest absolute Gasteiger partial charge is 0.336 e. The highest BCUT2D eigenvalue weighted by molar-refractivity contribution is 5.94. The Morgan fingerprint density at radius 2 is 2.05 bits per heavy atom. The molecule has 5 nitrogen and oxygen atoms in total. The fourth-order valence-corrected chi connectivity index (χ4v) is 2.30. The standard InChI is InChI=1S/C16H22N2O3/c1-10(2)9-18(13-6-7-13)16(21)17-12-5-4-11(3)14(8-12)15(19)20/h4-5,8,10,13H,6-7,9H2,1-3H3,(H,17,21)(H,19,20). The number of hydrogen-bond acceptors (Lipinski definition) is 2. The number of hydrogen-bond donors (Lipinski definition) is 2. The second kappa shape index (κ2) is 6.16. The average molecular weight is 290 g/mol. The second-order valence-corrected chi connectivity index (χ2v) is 6.04. The topological polar surface area (TPSA) is 69.6 Å². The summed E-state index contributed by atoms with van der Waals surface area (Å²) in [6, 6.07) is 5.14. The Hall–Kier alpha value is -2.04. The zero-order valence-corrected chi connectivity index (χ0v) is 12.7. The zero-order chi connectivity index (χ0) is 15.6. The van der Waals surface area contributed by atoms with E-state index in [-0.39, 0.29) is 11.6 Å². The Labute approximate surface area is 125 Å². The monoisotopic (exact) mass is 290 g/mol. The van der Waals surface area contributed by atoms with E-state index in [2.05, 4.69) is 19.2 Å². The number of rotatable bonds is 5. The summed E-state index contributed by atoms with van der Waals surface area (Å²) in [4.78, 5) is 25.3. The Morgan fingerprint density at radius 3 is 2.57 bits per heavy atom. The third-order valence-electron chi connectivity index (χ3n) is 3.53. The van der Waals surface area contributed by atoms with Crippen LogP contribution >= 0.6 is 0 Å². The van der Waals surface area contributed by atoms with Crippen molar-refractivity contribution in [2.45, 2.75) is 39.7 Å². The number of carbonyl (C=O) groups excluding carboxylic acids is 1. The molecule has 5 heteroatoms. The Morgan fingerprint density at radius 1 is 1.38 bits per heavy atom. The maximum Gasteiger partial charge on any atom is 0.336 e. The summed E-state index contributed by atoms with van der Waals surface area (Å²) in [6.45, 7) is 6.62. The summed E-state index contributed by atoms with van der Waals surface area (Å²) in [5.41, 5.74) is 1.42. The summed E-state index contributed by atoms with van der Waals surface area (Å²) in [7, 11) is 0. The molecule has 1 aliphatic rings. The molecule has 1 saturated carbocycles. The van der Waals surface area contributed by atoms with Crippen molar-refractivity contribution < 1.29 is 14.7 Å². The minimum Gasteiger partial charge on any atom is -0.478 e. The summed E-state index contributed by atoms with van der Waals surface area (Å²) >= 11 is 0. The van der Waals surface area contributed by atoms with Gasteiger partial charge in [0.2, 0.25) is 0 Å². The number of carbonyl (C=O) groups is 2. The first-order chi connectivity index (χ1) is 9.88. The zero-order valence-electron chi connectivity index (χ0n) is 12.7. The van der Waals surface area contributed by atoms with Gasteiger partial charge in [0.25, 0.3) is 0 Å². The van der Waals surface area contributed by atoms with Gasteiger partial charge < -0.3 is 15.3 Å². The highest BCUT2D eigenvalue weighted by Gasteiger charge is 2.32. The minimum atomic E-state index is -0.982. The van der Waals surface area contributed by atoms with Crippen LogP contribution in [0.2, 0.25) is 0 Å². The van der Waals surface area contributed by atoms with E-state index in [0.717, 1.165) is 12.8 Å². The number of nitrogens with one attached hydrogen (secondary N) is 1. The lowest BCUT2D eigenvalue weighted by Crippen LogP contribution is -2.39. The molecular formula is C16H22N2O3. The average Bonchev–Trinajstić information content (AvgIpc) is 3.22. The molecule has 1 aromatic rings. The molecule has 114 valence electrons. The van der Waals surface area contributed by atoms with Crippen LogP contribution in [0.3, 0.4) is 0 Å². The highest BCUT2D eigenvalue weighted by Crippen LogP contribution is 2.28. The van der Waals surface area contributed by atoms with Crippen molar-refractivity contribution in [1.29, 1.82) is 0 Å². The van der Waals surface area contributed by atoms with E-state index in [0.29, 0.717) is 29.8 Å². The molecule has 1 aromatic carbocycles. The van der Waals surface area contributed by atoms with Gasteiger partial charge in [0, 0.05) is 18.3 Å². The highest BCUT2D eigenvalue weighted by atomic mass is 16.4. The quantitative estimate of drug-likeness (QED) is 0.873. The van der Waals surface area contributed by atoms with Gasteiger partial charge >= 0.3 is 12.0 Å². The Balaban J connectivity index is 2.11. The predicted octanol–water partition coefficient (Wildman–Crippen LogP) is 3.35. The fraction of sp³-hybridized carbons (Fsp3) is 0.500. The number of benzene rings is 1. The summed E-state index contributed by atoms with van der Waals surface area (Å²) in [6.07, 6.45) is 2.10. The van der Waals surface area contributed by atoms with Gasteiger partial charge in [-0.25, -0.2) is 9.59 Å². The predicted molar refractivity (Wildman–Crippen MR) is 81.7 cm³/mol. The summed E-state index contributed by atoms with van der Waals surface area (Å²) in [5.74, 6) is -0.575. The molecule has 21 heavy (non-hydrogen) atoms. The van der Waals surface area contributed by atoms with Gasteiger partial charge in [-0.2, -0.15) is 0 Å². The molecule has 0 aromatic heterocycles. The molecule has 2 rings (SSSR count). The molecule has 2 N–H and O–H groups in total. The number of amides is 2. The van der Waals surface area contributed by atoms with Crippen LogP contribution < -0.4 is 5.32 Å². The van der Waals surface area contributed by atoms with Crippen molar-refractivity contribution in [2.24, 2.45) is 5.92 Å². The van der Waals surface area contributed by atoms with Gasteiger partial charge in [-0.1, -0.05) is 19.9 Å². The lowest BCUT2D eigenvalue weighted by atomic mass is 10.1. The van der Waals surface area contributed by atoms with Gasteiger partial charge in [0.05, 0.1) is 5.56 Å². The van der Waals surface area contributed by atoms with Gasteiger partial charge in [0.1, 0.15) is 0 Å². The molecule has 0 aliphatic heterocycles. The number of anilines is 1. The van der Waals surface area contributed by atoms with E-state index in [1.807, 2.05) is 4.90 Å². The molecule has 0 atom stereocenters. The van der Waals surface area contributed by atoms with E-state index in [4.69, 9.17) is 5.11 Å². The molecule has 2 amide bonds. The SMILES string of the molecule is Cc1ccc(NC(=O)N(CC(C)C)C2CC2)cc1C(=O)O. The molecule has 0 saturated heterocycles. The van der Waals surface area contributed by atoms with E-state index in [9.17, 15) is 9.59 Å². The molecule has 0 bridgehead atoms. The van der Waals surface area contributed by atoms with E-state index < -0.39 is 5.97 Å². The number of aromatic carboxylic acids is 1. The molecule has 0 unspecified atom stereocenters. The van der Waals surface area contributed by atoms with Crippen LogP contribution in [0.25, 0.3) is 0 Å². The van der Waals surface area contributed by atoms with Gasteiger partial charge in [-0.15, -0.1) is 0 Å². The van der Waals surface area contributed by atoms with Crippen molar-refractivity contribution in [1.82, 2.24) is 4.90 Å². The summed E-state index contributed by atoms with van der Waals surface area (Å²) in [5, 5.41) is 11.9. The van der Waals surface area contributed by atoms with Crippen molar-refractivity contribution >= 4 is 17.7 Å². The number of urea groups is 1. The molecule has 1 aliphatic carbocycles. The van der Waals surface area contributed by atoms with Gasteiger partial charge in [-0.3, -0.25) is 0 Å². The molecule has 0 heterocycles. The molecule has 1 fully saturated rings.